The molecule has 30 heavy (non-hydrogen) atoms. The Morgan fingerprint density at radius 3 is 2.13 bits per heavy atom. The summed E-state index contributed by atoms with van der Waals surface area (Å²) >= 11 is 12.0. The van der Waals surface area contributed by atoms with Gasteiger partial charge in [-0.05, 0) is 47.0 Å². The molecule has 0 radical (unpaired) electrons. The highest BCUT2D eigenvalue weighted by atomic mass is 35.5. The molecule has 2 N–H and O–H groups in total. The molecule has 0 saturated heterocycles. The molecular formula is C24H16Cl2N2O2. The Labute approximate surface area is 183 Å². The fourth-order valence-corrected chi connectivity index (χ4v) is 3.41. The van der Waals surface area contributed by atoms with Gasteiger partial charge in [-0.2, -0.15) is 0 Å². The maximum absolute atomic E-state index is 12.5. The van der Waals surface area contributed by atoms with Gasteiger partial charge in [0.2, 0.25) is 0 Å². The zero-order chi connectivity index (χ0) is 21.1. The summed E-state index contributed by atoms with van der Waals surface area (Å²) < 4.78 is 0. The molecule has 0 saturated carbocycles. The van der Waals surface area contributed by atoms with E-state index >= 15 is 0 Å². The molecule has 1 aromatic heterocycles. The summed E-state index contributed by atoms with van der Waals surface area (Å²) in [5, 5.41) is 3.38. The van der Waals surface area contributed by atoms with E-state index in [-0.39, 0.29) is 5.56 Å². The third kappa shape index (κ3) is 4.30. The number of hydrogen-bond acceptors (Lipinski definition) is 2. The van der Waals surface area contributed by atoms with Crippen molar-refractivity contribution in [1.29, 1.82) is 0 Å². The number of rotatable bonds is 4. The van der Waals surface area contributed by atoms with Crippen LogP contribution in [-0.2, 0) is 0 Å². The highest BCUT2D eigenvalue weighted by Gasteiger charge is 2.14. The topological polar surface area (TPSA) is 62.0 Å². The number of aromatic nitrogens is 1. The average molecular weight is 435 g/mol. The van der Waals surface area contributed by atoms with E-state index in [4.69, 9.17) is 23.2 Å². The van der Waals surface area contributed by atoms with Gasteiger partial charge in [0.05, 0.1) is 10.7 Å². The smallest absolute Gasteiger partial charge is 0.261 e. The highest BCUT2D eigenvalue weighted by molar-refractivity contribution is 6.35. The molecule has 0 aliphatic heterocycles. The SMILES string of the molecule is O=C(Nc1cc(Cl)ccc1Cl)c1ccc(-c2ccc(-c3ccccc3)cc2)[nH]c1=O. The predicted octanol–water partition coefficient (Wildman–Crippen LogP) is 6.27. The maximum Gasteiger partial charge on any atom is 0.261 e. The number of pyridine rings is 1. The molecule has 0 aliphatic rings. The molecule has 4 rings (SSSR count). The summed E-state index contributed by atoms with van der Waals surface area (Å²) in [4.78, 5) is 27.8. The molecule has 0 bridgehead atoms. The summed E-state index contributed by atoms with van der Waals surface area (Å²) in [5.74, 6) is -0.564. The number of carbonyl (C=O) groups is 1. The van der Waals surface area contributed by atoms with Gasteiger partial charge < -0.3 is 10.3 Å². The molecule has 0 atom stereocenters. The molecule has 148 valence electrons. The summed E-state index contributed by atoms with van der Waals surface area (Å²) in [6, 6.07) is 25.8. The van der Waals surface area contributed by atoms with Crippen molar-refractivity contribution in [1.82, 2.24) is 4.98 Å². The number of amides is 1. The number of carbonyl (C=O) groups excluding carboxylic acids is 1. The van der Waals surface area contributed by atoms with Crippen LogP contribution in [0.1, 0.15) is 10.4 Å². The van der Waals surface area contributed by atoms with Crippen molar-refractivity contribution in [2.45, 2.75) is 0 Å². The zero-order valence-corrected chi connectivity index (χ0v) is 17.2. The number of halogens is 2. The van der Waals surface area contributed by atoms with Crippen LogP contribution in [0.25, 0.3) is 22.4 Å². The van der Waals surface area contributed by atoms with Crippen molar-refractivity contribution >= 4 is 34.8 Å². The van der Waals surface area contributed by atoms with Gasteiger partial charge in [-0.25, -0.2) is 0 Å². The minimum atomic E-state index is -0.564. The monoisotopic (exact) mass is 434 g/mol. The first-order valence-electron chi connectivity index (χ1n) is 9.17. The largest absolute Gasteiger partial charge is 0.321 e. The highest BCUT2D eigenvalue weighted by Crippen LogP contribution is 2.26. The van der Waals surface area contributed by atoms with Gasteiger partial charge in [-0.1, -0.05) is 77.8 Å². The van der Waals surface area contributed by atoms with Crippen LogP contribution in [0.3, 0.4) is 0 Å². The van der Waals surface area contributed by atoms with E-state index < -0.39 is 11.5 Å². The summed E-state index contributed by atoms with van der Waals surface area (Å²) in [6.45, 7) is 0. The van der Waals surface area contributed by atoms with Gasteiger partial charge in [0.15, 0.2) is 0 Å². The van der Waals surface area contributed by atoms with Crippen LogP contribution in [0.2, 0.25) is 10.0 Å². The Morgan fingerprint density at radius 2 is 1.43 bits per heavy atom. The first kappa shape index (κ1) is 20.0. The van der Waals surface area contributed by atoms with Crippen LogP contribution in [0.15, 0.2) is 89.7 Å². The Balaban J connectivity index is 1.56. The Morgan fingerprint density at radius 1 is 0.767 bits per heavy atom. The van der Waals surface area contributed by atoms with E-state index in [1.807, 2.05) is 54.6 Å². The van der Waals surface area contributed by atoms with Gasteiger partial charge >= 0.3 is 0 Å². The maximum atomic E-state index is 12.5. The van der Waals surface area contributed by atoms with Crippen LogP contribution in [-0.4, -0.2) is 10.9 Å². The van der Waals surface area contributed by atoms with Gasteiger partial charge in [-0.3, -0.25) is 9.59 Å². The van der Waals surface area contributed by atoms with Crippen molar-refractivity contribution in [3.05, 3.63) is 111 Å². The molecule has 0 aliphatic carbocycles. The van der Waals surface area contributed by atoms with Gasteiger partial charge in [0.25, 0.3) is 11.5 Å². The van der Waals surface area contributed by atoms with Gasteiger partial charge in [0, 0.05) is 10.7 Å². The number of hydrogen-bond donors (Lipinski definition) is 2. The third-order valence-corrected chi connectivity index (χ3v) is 5.20. The normalized spacial score (nSPS) is 10.6. The van der Waals surface area contributed by atoms with E-state index in [0.29, 0.717) is 21.4 Å². The minimum Gasteiger partial charge on any atom is -0.321 e. The third-order valence-electron chi connectivity index (χ3n) is 4.63. The van der Waals surface area contributed by atoms with E-state index in [9.17, 15) is 9.59 Å². The second-order valence-corrected chi connectivity index (χ2v) is 7.48. The summed E-state index contributed by atoms with van der Waals surface area (Å²) in [6.07, 6.45) is 0. The van der Waals surface area contributed by atoms with Crippen LogP contribution in [0.4, 0.5) is 5.69 Å². The molecule has 4 nitrogen and oxygen atoms in total. The molecule has 3 aromatic carbocycles. The van der Waals surface area contributed by atoms with Crippen molar-refractivity contribution in [2.75, 3.05) is 5.32 Å². The number of anilines is 1. The molecule has 0 fully saturated rings. The predicted molar refractivity (Wildman–Crippen MR) is 122 cm³/mol. The van der Waals surface area contributed by atoms with Gasteiger partial charge in [0.1, 0.15) is 5.56 Å². The second-order valence-electron chi connectivity index (χ2n) is 6.64. The lowest BCUT2D eigenvalue weighted by Crippen LogP contribution is -2.23. The fraction of sp³-hybridized carbons (Fsp3) is 0. The first-order chi connectivity index (χ1) is 14.5. The molecule has 4 aromatic rings. The quantitative estimate of drug-likeness (QED) is 0.397. The van der Waals surface area contributed by atoms with Crippen LogP contribution >= 0.6 is 23.2 Å². The zero-order valence-electron chi connectivity index (χ0n) is 15.7. The standard InChI is InChI=1S/C24H16Cl2N2O2/c25-18-10-12-20(26)22(14-18)28-24(30)19-11-13-21(27-23(19)29)17-8-6-16(7-9-17)15-4-2-1-3-5-15/h1-14H,(H,27,29)(H,28,30). The average Bonchev–Trinajstić information content (AvgIpc) is 2.77. The molecular weight excluding hydrogens is 419 g/mol. The Hall–Kier alpha value is -3.34. The summed E-state index contributed by atoms with van der Waals surface area (Å²) in [5.41, 5.74) is 3.49. The lowest BCUT2D eigenvalue weighted by atomic mass is 10.0. The van der Waals surface area contributed by atoms with Crippen molar-refractivity contribution in [3.8, 4) is 22.4 Å². The fourth-order valence-electron chi connectivity index (χ4n) is 3.08. The molecule has 0 unspecified atom stereocenters. The van der Waals surface area contributed by atoms with Crippen LogP contribution < -0.4 is 10.9 Å². The van der Waals surface area contributed by atoms with Gasteiger partial charge in [-0.15, -0.1) is 0 Å². The number of nitrogens with one attached hydrogen (secondary N) is 2. The number of H-pyrrole nitrogens is 1. The molecule has 1 amide bonds. The van der Waals surface area contributed by atoms with Crippen molar-refractivity contribution < 1.29 is 4.79 Å². The van der Waals surface area contributed by atoms with Crippen molar-refractivity contribution in [3.63, 3.8) is 0 Å². The second kappa shape index (κ2) is 8.57. The number of benzene rings is 3. The first-order valence-corrected chi connectivity index (χ1v) is 9.92. The molecule has 6 heteroatoms. The minimum absolute atomic E-state index is 0.0179. The van der Waals surface area contributed by atoms with E-state index in [1.54, 1.807) is 18.2 Å². The molecule has 0 spiro atoms. The lowest BCUT2D eigenvalue weighted by molar-refractivity contribution is 0.102. The van der Waals surface area contributed by atoms with E-state index in [2.05, 4.69) is 10.3 Å². The lowest BCUT2D eigenvalue weighted by Gasteiger charge is -2.09. The van der Waals surface area contributed by atoms with Crippen LogP contribution in [0.5, 0.6) is 0 Å². The number of aromatic amines is 1. The Kier molecular flexibility index (Phi) is 5.70. The van der Waals surface area contributed by atoms with Crippen LogP contribution in [0, 0.1) is 0 Å². The summed E-state index contributed by atoms with van der Waals surface area (Å²) in [7, 11) is 0. The molecule has 1 heterocycles. The van der Waals surface area contributed by atoms with E-state index in [1.165, 1.54) is 12.1 Å². The van der Waals surface area contributed by atoms with E-state index in [0.717, 1.165) is 16.7 Å². The van der Waals surface area contributed by atoms with Crippen molar-refractivity contribution in [2.24, 2.45) is 0 Å². The Bertz CT molecular complexity index is 1270.